The van der Waals surface area contributed by atoms with E-state index >= 15 is 0 Å². The van der Waals surface area contributed by atoms with Gasteiger partial charge in [0.15, 0.2) is 0 Å². The number of aryl methyl sites for hydroxylation is 2. The number of hydrogen-bond acceptors (Lipinski definition) is 2. The molecule has 2 aromatic rings. The van der Waals surface area contributed by atoms with Gasteiger partial charge in [-0.1, -0.05) is 17.7 Å². The maximum absolute atomic E-state index is 6.02. The van der Waals surface area contributed by atoms with E-state index in [1.54, 1.807) is 0 Å². The van der Waals surface area contributed by atoms with Crippen molar-refractivity contribution in [2.75, 3.05) is 0 Å². The molecule has 0 aliphatic rings. The van der Waals surface area contributed by atoms with E-state index in [-0.39, 0.29) is 5.54 Å². The van der Waals surface area contributed by atoms with Crippen molar-refractivity contribution in [3.05, 3.63) is 40.5 Å². The van der Waals surface area contributed by atoms with Gasteiger partial charge in [0.2, 0.25) is 0 Å². The fraction of sp³-hybridized carbons (Fsp3) is 0.400. The largest absolute Gasteiger partial charge is 0.326 e. The van der Waals surface area contributed by atoms with E-state index in [9.17, 15) is 0 Å². The predicted molar refractivity (Wildman–Crippen MR) is 78.1 cm³/mol. The van der Waals surface area contributed by atoms with Crippen LogP contribution in [-0.4, -0.2) is 10.5 Å². The Morgan fingerprint density at radius 3 is 2.67 bits per heavy atom. The molecule has 0 amide bonds. The number of aromatic nitrogens is 1. The number of nitrogens with two attached hydrogens (primary N) is 1. The summed E-state index contributed by atoms with van der Waals surface area (Å²) in [4.78, 5) is 4.37. The minimum absolute atomic E-state index is 0.122. The first-order valence-electron chi connectivity index (χ1n) is 6.20. The van der Waals surface area contributed by atoms with Crippen LogP contribution in [0.15, 0.2) is 24.3 Å². The first-order chi connectivity index (χ1) is 8.35. The van der Waals surface area contributed by atoms with Gasteiger partial charge >= 0.3 is 0 Å². The molecule has 0 fully saturated rings. The van der Waals surface area contributed by atoms with Gasteiger partial charge in [-0.15, -0.1) is 0 Å². The second kappa shape index (κ2) is 4.87. The maximum atomic E-state index is 6.02. The van der Waals surface area contributed by atoms with Gasteiger partial charge in [0.05, 0.1) is 5.52 Å². The molecule has 18 heavy (non-hydrogen) atoms. The molecule has 0 radical (unpaired) electrons. The van der Waals surface area contributed by atoms with Crippen molar-refractivity contribution in [1.82, 2.24) is 4.98 Å². The van der Waals surface area contributed by atoms with E-state index in [2.05, 4.69) is 37.0 Å². The summed E-state index contributed by atoms with van der Waals surface area (Å²) in [6.45, 7) is 6.09. The Labute approximate surface area is 113 Å². The number of benzene rings is 1. The van der Waals surface area contributed by atoms with Crippen LogP contribution in [0.3, 0.4) is 0 Å². The minimum Gasteiger partial charge on any atom is -0.326 e. The van der Waals surface area contributed by atoms with Gasteiger partial charge in [0.1, 0.15) is 5.15 Å². The lowest BCUT2D eigenvalue weighted by atomic mass is 9.96. The Hall–Kier alpha value is -1.12. The highest BCUT2D eigenvalue weighted by atomic mass is 35.5. The summed E-state index contributed by atoms with van der Waals surface area (Å²) in [6.07, 6.45) is 1.96. The third-order valence-corrected chi connectivity index (χ3v) is 3.45. The van der Waals surface area contributed by atoms with E-state index in [0.717, 1.165) is 29.3 Å². The molecule has 2 N–H and O–H groups in total. The van der Waals surface area contributed by atoms with Crippen molar-refractivity contribution in [3.8, 4) is 0 Å². The molecular formula is C15H19ClN2. The highest BCUT2D eigenvalue weighted by Gasteiger charge is 2.10. The van der Waals surface area contributed by atoms with Crippen LogP contribution in [0, 0.1) is 6.92 Å². The van der Waals surface area contributed by atoms with Crippen molar-refractivity contribution in [3.63, 3.8) is 0 Å². The number of halogens is 1. The zero-order valence-electron chi connectivity index (χ0n) is 11.1. The Kier molecular flexibility index (Phi) is 3.60. The van der Waals surface area contributed by atoms with E-state index in [1.165, 1.54) is 5.56 Å². The van der Waals surface area contributed by atoms with Crippen LogP contribution in [0.1, 0.15) is 31.4 Å². The third-order valence-electron chi connectivity index (χ3n) is 3.07. The van der Waals surface area contributed by atoms with Crippen molar-refractivity contribution < 1.29 is 0 Å². The molecule has 1 aromatic carbocycles. The molecule has 2 nitrogen and oxygen atoms in total. The van der Waals surface area contributed by atoms with Crippen molar-refractivity contribution in [1.29, 1.82) is 0 Å². The molecule has 0 aliphatic carbocycles. The summed E-state index contributed by atoms with van der Waals surface area (Å²) >= 11 is 6.02. The molecule has 0 spiro atoms. The Bertz CT molecular complexity index is 570. The van der Waals surface area contributed by atoms with Crippen LogP contribution >= 0.6 is 11.6 Å². The van der Waals surface area contributed by atoms with Crippen LogP contribution in [0.5, 0.6) is 0 Å². The van der Waals surface area contributed by atoms with E-state index in [0.29, 0.717) is 5.15 Å². The average Bonchev–Trinajstić information content (AvgIpc) is 2.27. The summed E-state index contributed by atoms with van der Waals surface area (Å²) in [7, 11) is 0. The van der Waals surface area contributed by atoms with E-state index in [1.807, 2.05) is 13.0 Å². The zero-order chi connectivity index (χ0) is 13.3. The topological polar surface area (TPSA) is 38.9 Å². The lowest BCUT2D eigenvalue weighted by Gasteiger charge is -2.18. The lowest BCUT2D eigenvalue weighted by Crippen LogP contribution is -2.32. The molecular weight excluding hydrogens is 244 g/mol. The van der Waals surface area contributed by atoms with Crippen molar-refractivity contribution >= 4 is 22.5 Å². The first kappa shape index (κ1) is 13.3. The standard InChI is InChI=1S/C15H19ClN2/c1-10-8-12-9-11(6-7-15(2,3)17)4-5-13(12)18-14(10)16/h4-5,8-9H,6-7,17H2,1-3H3. The van der Waals surface area contributed by atoms with Crippen molar-refractivity contribution in [2.45, 2.75) is 39.2 Å². The number of nitrogens with zero attached hydrogens (tertiary/aromatic N) is 1. The smallest absolute Gasteiger partial charge is 0.132 e. The molecule has 0 bridgehead atoms. The Morgan fingerprint density at radius 1 is 1.28 bits per heavy atom. The Morgan fingerprint density at radius 2 is 2.00 bits per heavy atom. The molecule has 1 aromatic heterocycles. The molecule has 0 aliphatic heterocycles. The predicted octanol–water partition coefficient (Wildman–Crippen LogP) is 3.87. The first-order valence-corrected chi connectivity index (χ1v) is 6.58. The molecule has 0 saturated carbocycles. The zero-order valence-corrected chi connectivity index (χ0v) is 11.9. The minimum atomic E-state index is -0.122. The molecule has 0 saturated heterocycles. The van der Waals surface area contributed by atoms with Gasteiger partial charge in [0, 0.05) is 10.9 Å². The van der Waals surface area contributed by atoms with Crippen LogP contribution < -0.4 is 5.73 Å². The van der Waals surface area contributed by atoms with E-state index in [4.69, 9.17) is 17.3 Å². The van der Waals surface area contributed by atoms with Crippen LogP contribution in [0.4, 0.5) is 0 Å². The normalized spacial score (nSPS) is 12.1. The second-order valence-electron chi connectivity index (χ2n) is 5.61. The quantitative estimate of drug-likeness (QED) is 0.853. The number of hydrogen-bond donors (Lipinski definition) is 1. The van der Waals surface area contributed by atoms with Gasteiger partial charge in [-0.05, 0) is 62.9 Å². The monoisotopic (exact) mass is 262 g/mol. The summed E-state index contributed by atoms with van der Waals surface area (Å²) in [5.41, 5.74) is 9.14. The fourth-order valence-corrected chi connectivity index (χ4v) is 2.08. The van der Waals surface area contributed by atoms with E-state index < -0.39 is 0 Å². The molecule has 0 atom stereocenters. The van der Waals surface area contributed by atoms with Gasteiger partial charge < -0.3 is 5.73 Å². The maximum Gasteiger partial charge on any atom is 0.132 e. The number of fused-ring (bicyclic) bond motifs is 1. The number of pyridine rings is 1. The summed E-state index contributed by atoms with van der Waals surface area (Å²) in [6, 6.07) is 8.39. The van der Waals surface area contributed by atoms with Gasteiger partial charge in [-0.3, -0.25) is 0 Å². The van der Waals surface area contributed by atoms with Gasteiger partial charge in [0.25, 0.3) is 0 Å². The van der Waals surface area contributed by atoms with Crippen LogP contribution in [0.2, 0.25) is 5.15 Å². The summed E-state index contributed by atoms with van der Waals surface area (Å²) < 4.78 is 0. The number of rotatable bonds is 3. The van der Waals surface area contributed by atoms with Crippen LogP contribution in [-0.2, 0) is 6.42 Å². The summed E-state index contributed by atoms with van der Waals surface area (Å²) in [5.74, 6) is 0. The average molecular weight is 263 g/mol. The highest BCUT2D eigenvalue weighted by Crippen LogP contribution is 2.22. The SMILES string of the molecule is Cc1cc2cc(CCC(C)(C)N)ccc2nc1Cl. The van der Waals surface area contributed by atoms with Gasteiger partial charge in [-0.25, -0.2) is 4.98 Å². The fourth-order valence-electron chi connectivity index (χ4n) is 1.93. The summed E-state index contributed by atoms with van der Waals surface area (Å²) in [5, 5.41) is 1.72. The second-order valence-corrected chi connectivity index (χ2v) is 5.97. The third kappa shape index (κ3) is 3.21. The Balaban J connectivity index is 2.30. The molecule has 96 valence electrons. The van der Waals surface area contributed by atoms with Gasteiger partial charge in [-0.2, -0.15) is 0 Å². The molecule has 1 heterocycles. The molecule has 3 heteroatoms. The highest BCUT2D eigenvalue weighted by molar-refractivity contribution is 6.30. The van der Waals surface area contributed by atoms with Crippen LogP contribution in [0.25, 0.3) is 10.9 Å². The van der Waals surface area contributed by atoms with Crippen molar-refractivity contribution in [2.24, 2.45) is 5.73 Å². The lowest BCUT2D eigenvalue weighted by molar-refractivity contribution is 0.477. The molecule has 0 unspecified atom stereocenters. The molecule has 2 rings (SSSR count).